The molecule has 0 heterocycles. The molecule has 5 nitrogen and oxygen atoms in total. The number of carbonyl (C=O) groups is 2. The summed E-state index contributed by atoms with van der Waals surface area (Å²) in [6.45, 7) is 10.2. The van der Waals surface area contributed by atoms with Crippen LogP contribution in [-0.4, -0.2) is 28.7 Å². The first-order valence-electron chi connectivity index (χ1n) is 3.77. The number of hydrogen-bond acceptors (Lipinski definition) is 3. The number of aliphatic carboxylic acids is 2. The summed E-state index contributed by atoms with van der Waals surface area (Å²) in [6, 6.07) is 0. The van der Waals surface area contributed by atoms with Crippen LogP contribution in [0.4, 0.5) is 0 Å². The van der Waals surface area contributed by atoms with Crippen LogP contribution in [0.1, 0.15) is 13.8 Å². The molecule has 0 aromatic heterocycles. The average molecular weight is 203 g/mol. The van der Waals surface area contributed by atoms with Crippen molar-refractivity contribution in [3.63, 3.8) is 0 Å². The molecule has 0 saturated carbocycles. The first-order valence-corrected chi connectivity index (χ1v) is 3.77. The monoisotopic (exact) mass is 203 g/mol. The van der Waals surface area contributed by atoms with Crippen LogP contribution in [0, 0.1) is 0 Å². The zero-order chi connectivity index (χ0) is 12.1. The maximum Gasteiger partial charge on any atom is 0.330 e. The molecule has 5 heteroatoms. The number of carboxylic acids is 2. The summed E-state index contributed by atoms with van der Waals surface area (Å²) in [5, 5.41) is 15.5. The van der Waals surface area contributed by atoms with E-state index >= 15 is 0 Å². The fraction of sp³-hybridized carbons (Fsp3) is 0.333. The third-order valence-electron chi connectivity index (χ3n) is 0.540. The molecule has 0 fully saturated rings. The number of rotatable bonds is 2. The van der Waals surface area contributed by atoms with E-state index in [0.717, 1.165) is 12.6 Å². The van der Waals surface area contributed by atoms with E-state index in [1.807, 2.05) is 6.92 Å². The molecule has 0 atom stereocenters. The summed E-state index contributed by atoms with van der Waals surface area (Å²) in [5.41, 5.74) is 5.02. The summed E-state index contributed by atoms with van der Waals surface area (Å²) in [4.78, 5) is 18.8. The predicted octanol–water partition coefficient (Wildman–Crippen LogP) is 0.869. The van der Waals surface area contributed by atoms with Gasteiger partial charge in [-0.05, 0) is 13.5 Å². The van der Waals surface area contributed by atoms with Gasteiger partial charge in [0.2, 0.25) is 0 Å². The molecule has 0 aliphatic carbocycles. The van der Waals surface area contributed by atoms with Crippen molar-refractivity contribution in [2.75, 3.05) is 6.54 Å². The SMILES string of the molecule is C=C(C)C(=O)O.C=CC(=O)O.CCN. The van der Waals surface area contributed by atoms with Gasteiger partial charge < -0.3 is 15.9 Å². The van der Waals surface area contributed by atoms with Gasteiger partial charge >= 0.3 is 11.9 Å². The summed E-state index contributed by atoms with van der Waals surface area (Å²) in [5.74, 6) is -1.92. The highest BCUT2D eigenvalue weighted by Gasteiger charge is 1.90. The molecule has 0 rings (SSSR count). The van der Waals surface area contributed by atoms with Crippen molar-refractivity contribution in [3.8, 4) is 0 Å². The van der Waals surface area contributed by atoms with Gasteiger partial charge in [0.1, 0.15) is 0 Å². The lowest BCUT2D eigenvalue weighted by atomic mass is 10.4. The summed E-state index contributed by atoms with van der Waals surface area (Å²) in [6.07, 6.45) is 0.833. The zero-order valence-electron chi connectivity index (χ0n) is 8.49. The predicted molar refractivity (Wildman–Crippen MR) is 55.0 cm³/mol. The van der Waals surface area contributed by atoms with Crippen LogP contribution in [0.15, 0.2) is 24.8 Å². The molecule has 0 bridgehead atoms. The molecule has 0 aliphatic heterocycles. The smallest absolute Gasteiger partial charge is 0.330 e. The fourth-order valence-corrected chi connectivity index (χ4v) is 0. The zero-order valence-corrected chi connectivity index (χ0v) is 8.49. The lowest BCUT2D eigenvalue weighted by Crippen LogP contribution is -1.92. The van der Waals surface area contributed by atoms with Gasteiger partial charge in [0.25, 0.3) is 0 Å². The van der Waals surface area contributed by atoms with Crippen LogP contribution in [0.25, 0.3) is 0 Å². The van der Waals surface area contributed by atoms with Crippen molar-refractivity contribution in [2.45, 2.75) is 13.8 Å². The normalized spacial score (nSPS) is 6.79. The van der Waals surface area contributed by atoms with Crippen molar-refractivity contribution >= 4 is 11.9 Å². The van der Waals surface area contributed by atoms with Crippen LogP contribution in [0.2, 0.25) is 0 Å². The minimum atomic E-state index is -0.981. The quantitative estimate of drug-likeness (QED) is 0.578. The first-order chi connectivity index (χ1) is 6.33. The van der Waals surface area contributed by atoms with Gasteiger partial charge in [-0.25, -0.2) is 9.59 Å². The molecule has 4 N–H and O–H groups in total. The van der Waals surface area contributed by atoms with Gasteiger partial charge in [0.15, 0.2) is 0 Å². The minimum Gasteiger partial charge on any atom is -0.478 e. The Balaban J connectivity index is -0.000000138. The highest BCUT2D eigenvalue weighted by molar-refractivity contribution is 5.84. The van der Waals surface area contributed by atoms with Crippen molar-refractivity contribution in [2.24, 2.45) is 5.73 Å². The Kier molecular flexibility index (Phi) is 18.1. The van der Waals surface area contributed by atoms with Crippen molar-refractivity contribution < 1.29 is 19.8 Å². The lowest BCUT2D eigenvalue weighted by Gasteiger charge is -1.79. The second-order valence-electron chi connectivity index (χ2n) is 2.04. The van der Waals surface area contributed by atoms with Crippen LogP contribution in [0.3, 0.4) is 0 Å². The molecule has 14 heavy (non-hydrogen) atoms. The lowest BCUT2D eigenvalue weighted by molar-refractivity contribution is -0.133. The van der Waals surface area contributed by atoms with Crippen molar-refractivity contribution in [1.82, 2.24) is 0 Å². The highest BCUT2D eigenvalue weighted by atomic mass is 16.4. The maximum atomic E-state index is 9.60. The van der Waals surface area contributed by atoms with E-state index in [0.29, 0.717) is 0 Å². The van der Waals surface area contributed by atoms with Gasteiger partial charge in [-0.1, -0.05) is 20.1 Å². The molecule has 0 aromatic rings. The molecule has 0 amide bonds. The highest BCUT2D eigenvalue weighted by Crippen LogP contribution is 1.81. The van der Waals surface area contributed by atoms with Crippen LogP contribution >= 0.6 is 0 Å². The first kappa shape index (κ1) is 18.2. The van der Waals surface area contributed by atoms with Crippen molar-refractivity contribution in [3.05, 3.63) is 24.8 Å². The van der Waals surface area contributed by atoms with Crippen molar-refractivity contribution in [1.29, 1.82) is 0 Å². The molecule has 0 spiro atoms. The van der Waals surface area contributed by atoms with Crippen LogP contribution in [-0.2, 0) is 9.59 Å². The van der Waals surface area contributed by atoms with Crippen LogP contribution in [0.5, 0.6) is 0 Å². The summed E-state index contributed by atoms with van der Waals surface area (Å²) >= 11 is 0. The summed E-state index contributed by atoms with van der Waals surface area (Å²) < 4.78 is 0. The number of hydrogen-bond donors (Lipinski definition) is 3. The molecule has 0 saturated heterocycles. The maximum absolute atomic E-state index is 9.60. The standard InChI is InChI=1S/C4H6O2.C3H4O2.C2H7N/c1-3(2)4(5)6;1-2-3(4)5;1-2-3/h1H2,2H3,(H,5,6);2H,1H2,(H,4,5);2-3H2,1H3. The van der Waals surface area contributed by atoms with Gasteiger partial charge in [-0.3, -0.25) is 0 Å². The fourth-order valence-electron chi connectivity index (χ4n) is 0. The van der Waals surface area contributed by atoms with E-state index in [1.165, 1.54) is 6.92 Å². The Bertz CT molecular complexity index is 187. The topological polar surface area (TPSA) is 101 Å². The van der Waals surface area contributed by atoms with E-state index in [9.17, 15) is 9.59 Å². The van der Waals surface area contributed by atoms with E-state index < -0.39 is 11.9 Å². The van der Waals surface area contributed by atoms with Crippen LogP contribution < -0.4 is 5.73 Å². The third-order valence-corrected chi connectivity index (χ3v) is 0.540. The molecule has 0 aliphatic rings. The Morgan fingerprint density at radius 2 is 1.57 bits per heavy atom. The van der Waals surface area contributed by atoms with Gasteiger partial charge in [0.05, 0.1) is 0 Å². The molecule has 0 radical (unpaired) electrons. The molecule has 0 unspecified atom stereocenters. The second kappa shape index (κ2) is 13.9. The number of carboxylic acid groups (broad SMARTS) is 2. The van der Waals surface area contributed by atoms with E-state index in [1.54, 1.807) is 0 Å². The van der Waals surface area contributed by atoms with E-state index in [-0.39, 0.29) is 5.57 Å². The second-order valence-corrected chi connectivity index (χ2v) is 2.04. The Hall–Kier alpha value is -1.62. The van der Waals surface area contributed by atoms with Gasteiger partial charge in [-0.2, -0.15) is 0 Å². The minimum absolute atomic E-state index is 0.176. The molecule has 0 aromatic carbocycles. The van der Waals surface area contributed by atoms with Gasteiger partial charge in [-0.15, -0.1) is 0 Å². The molecular formula is C9H17NO4. The number of nitrogens with two attached hydrogens (primary N) is 1. The van der Waals surface area contributed by atoms with Gasteiger partial charge in [0, 0.05) is 11.6 Å². The molecular weight excluding hydrogens is 186 g/mol. The average Bonchev–Trinajstić information content (AvgIpc) is 2.06. The van der Waals surface area contributed by atoms with E-state index in [4.69, 9.17) is 15.9 Å². The molecule has 82 valence electrons. The largest absolute Gasteiger partial charge is 0.478 e. The Labute approximate surface area is 83.5 Å². The van der Waals surface area contributed by atoms with E-state index in [2.05, 4.69) is 13.2 Å². The Morgan fingerprint density at radius 1 is 1.43 bits per heavy atom. The third kappa shape index (κ3) is 47.6. The Morgan fingerprint density at radius 3 is 1.57 bits per heavy atom. The summed E-state index contributed by atoms with van der Waals surface area (Å²) in [7, 11) is 0.